The third kappa shape index (κ3) is 4.60. The molecule has 1 amide bonds. The summed E-state index contributed by atoms with van der Waals surface area (Å²) >= 11 is 0. The van der Waals surface area contributed by atoms with Crippen molar-refractivity contribution in [1.82, 2.24) is 10.2 Å². The van der Waals surface area contributed by atoms with Gasteiger partial charge in [-0.15, -0.1) is 0 Å². The number of likely N-dealkylation sites (N-methyl/N-ethyl adjacent to an activating group) is 1. The Labute approximate surface area is 149 Å². The van der Waals surface area contributed by atoms with Gasteiger partial charge in [-0.05, 0) is 56.1 Å². The number of nitrogens with one attached hydrogen (secondary N) is 1. The van der Waals surface area contributed by atoms with Crippen molar-refractivity contribution in [2.24, 2.45) is 5.92 Å². The summed E-state index contributed by atoms with van der Waals surface area (Å²) in [6.45, 7) is 0.630. The zero-order valence-corrected chi connectivity index (χ0v) is 14.9. The van der Waals surface area contributed by atoms with Gasteiger partial charge in [-0.3, -0.25) is 4.79 Å². The number of carbonyl (C=O) groups excluding carboxylic acids is 1. The molecule has 25 heavy (non-hydrogen) atoms. The molecule has 132 valence electrons. The quantitative estimate of drug-likeness (QED) is 0.816. The molecule has 2 N–H and O–H groups in total. The van der Waals surface area contributed by atoms with E-state index in [1.54, 1.807) is 12.1 Å². The van der Waals surface area contributed by atoms with Gasteiger partial charge in [0.05, 0.1) is 0 Å². The van der Waals surface area contributed by atoms with Crippen LogP contribution in [0.15, 0.2) is 54.6 Å². The fourth-order valence-corrected chi connectivity index (χ4v) is 3.24. The molecule has 0 bridgehead atoms. The van der Waals surface area contributed by atoms with E-state index < -0.39 is 0 Å². The fraction of sp³-hybridized carbons (Fsp3) is 0.381. The van der Waals surface area contributed by atoms with Gasteiger partial charge in [0.1, 0.15) is 5.75 Å². The topological polar surface area (TPSA) is 52.6 Å². The molecule has 1 aliphatic rings. The third-order valence-electron chi connectivity index (χ3n) is 5.00. The fourth-order valence-electron chi connectivity index (χ4n) is 3.24. The van der Waals surface area contributed by atoms with E-state index in [-0.39, 0.29) is 23.6 Å². The molecule has 1 saturated carbocycles. The molecule has 0 aromatic heterocycles. The van der Waals surface area contributed by atoms with Crippen molar-refractivity contribution in [3.63, 3.8) is 0 Å². The number of nitrogens with zero attached hydrogens (tertiary/aromatic N) is 1. The highest BCUT2D eigenvalue weighted by molar-refractivity contribution is 5.82. The van der Waals surface area contributed by atoms with E-state index in [1.165, 1.54) is 5.56 Å². The number of hydrogen-bond acceptors (Lipinski definition) is 3. The van der Waals surface area contributed by atoms with Crippen LogP contribution in [-0.4, -0.2) is 42.6 Å². The number of carbonyl (C=O) groups is 1. The van der Waals surface area contributed by atoms with Crippen molar-refractivity contribution in [1.29, 1.82) is 0 Å². The maximum atomic E-state index is 12.5. The second-order valence-electron chi connectivity index (χ2n) is 7.09. The first kappa shape index (κ1) is 17.5. The Kier molecular flexibility index (Phi) is 5.39. The van der Waals surface area contributed by atoms with Crippen LogP contribution in [0.25, 0.3) is 0 Å². The van der Waals surface area contributed by atoms with Gasteiger partial charge in [-0.1, -0.05) is 42.5 Å². The van der Waals surface area contributed by atoms with Gasteiger partial charge in [0.25, 0.3) is 0 Å². The number of aromatic hydroxyl groups is 1. The Bertz CT molecular complexity index is 698. The van der Waals surface area contributed by atoms with Gasteiger partial charge in [0.15, 0.2) is 0 Å². The Morgan fingerprint density at radius 1 is 1.16 bits per heavy atom. The van der Waals surface area contributed by atoms with Gasteiger partial charge in [0, 0.05) is 18.5 Å². The van der Waals surface area contributed by atoms with E-state index in [1.807, 2.05) is 44.4 Å². The highest BCUT2D eigenvalue weighted by Gasteiger charge is 2.43. The van der Waals surface area contributed by atoms with Gasteiger partial charge in [-0.25, -0.2) is 0 Å². The Hall–Kier alpha value is -2.33. The molecule has 3 rings (SSSR count). The number of hydrogen-bond donors (Lipinski definition) is 2. The predicted octanol–water partition coefficient (Wildman–Crippen LogP) is 2.78. The monoisotopic (exact) mass is 338 g/mol. The summed E-state index contributed by atoms with van der Waals surface area (Å²) in [6.07, 6.45) is 1.78. The lowest BCUT2D eigenvalue weighted by atomic mass is 10.0. The molecular formula is C21H26N2O2. The Morgan fingerprint density at radius 2 is 1.84 bits per heavy atom. The second kappa shape index (κ2) is 7.70. The minimum Gasteiger partial charge on any atom is -0.508 e. The van der Waals surface area contributed by atoms with Crippen LogP contribution in [0.4, 0.5) is 0 Å². The summed E-state index contributed by atoms with van der Waals surface area (Å²) in [4.78, 5) is 14.6. The Morgan fingerprint density at radius 3 is 2.48 bits per heavy atom. The molecule has 0 saturated heterocycles. The summed E-state index contributed by atoms with van der Waals surface area (Å²) < 4.78 is 0. The van der Waals surface area contributed by atoms with E-state index in [9.17, 15) is 9.90 Å². The van der Waals surface area contributed by atoms with E-state index in [0.29, 0.717) is 12.5 Å². The van der Waals surface area contributed by atoms with Gasteiger partial charge in [0.2, 0.25) is 5.91 Å². The second-order valence-corrected chi connectivity index (χ2v) is 7.09. The van der Waals surface area contributed by atoms with Gasteiger partial charge in [-0.2, -0.15) is 0 Å². The number of amides is 1. The zero-order chi connectivity index (χ0) is 17.8. The highest BCUT2D eigenvalue weighted by Crippen LogP contribution is 2.47. The number of benzene rings is 2. The zero-order valence-electron chi connectivity index (χ0n) is 14.9. The van der Waals surface area contributed by atoms with Crippen LogP contribution in [0.5, 0.6) is 5.75 Å². The van der Waals surface area contributed by atoms with E-state index in [0.717, 1.165) is 18.4 Å². The Balaban J connectivity index is 1.52. The van der Waals surface area contributed by atoms with Crippen LogP contribution in [0.3, 0.4) is 0 Å². The van der Waals surface area contributed by atoms with Gasteiger partial charge >= 0.3 is 0 Å². The smallest absolute Gasteiger partial charge is 0.223 e. The molecule has 0 aliphatic heterocycles. The number of rotatable bonds is 7. The first-order chi connectivity index (χ1) is 12.0. The van der Waals surface area contributed by atoms with Crippen molar-refractivity contribution < 1.29 is 9.90 Å². The molecule has 1 aliphatic carbocycles. The first-order valence-electron chi connectivity index (χ1n) is 8.81. The van der Waals surface area contributed by atoms with Crippen LogP contribution in [0.1, 0.15) is 23.5 Å². The van der Waals surface area contributed by atoms with Crippen LogP contribution < -0.4 is 5.32 Å². The van der Waals surface area contributed by atoms with Gasteiger partial charge < -0.3 is 15.3 Å². The lowest BCUT2D eigenvalue weighted by Gasteiger charge is -2.25. The maximum absolute atomic E-state index is 12.5. The summed E-state index contributed by atoms with van der Waals surface area (Å²) in [5.41, 5.74) is 2.41. The molecule has 0 spiro atoms. The average molecular weight is 338 g/mol. The minimum atomic E-state index is 0.110. The molecule has 3 atom stereocenters. The van der Waals surface area contributed by atoms with Crippen LogP contribution in [0.2, 0.25) is 0 Å². The van der Waals surface area contributed by atoms with E-state index >= 15 is 0 Å². The molecule has 1 fully saturated rings. The van der Waals surface area contributed by atoms with Crippen molar-refractivity contribution in [3.05, 3.63) is 65.7 Å². The first-order valence-corrected chi connectivity index (χ1v) is 8.81. The van der Waals surface area contributed by atoms with Crippen molar-refractivity contribution in [2.45, 2.75) is 24.8 Å². The van der Waals surface area contributed by atoms with E-state index in [4.69, 9.17) is 0 Å². The van der Waals surface area contributed by atoms with Crippen molar-refractivity contribution >= 4 is 5.91 Å². The molecule has 2 aromatic rings. The van der Waals surface area contributed by atoms with Crippen molar-refractivity contribution in [2.75, 3.05) is 20.6 Å². The molecular weight excluding hydrogens is 312 g/mol. The highest BCUT2D eigenvalue weighted by atomic mass is 16.3. The SMILES string of the molecule is CN(C)C(CNC(=O)[C@H]1C[C@@H]1c1ccccc1)Cc1ccc(O)cc1. The normalized spacial score (nSPS) is 20.3. The third-order valence-corrected chi connectivity index (χ3v) is 5.00. The summed E-state index contributed by atoms with van der Waals surface area (Å²) in [5, 5.41) is 12.5. The lowest BCUT2D eigenvalue weighted by molar-refractivity contribution is -0.122. The molecule has 0 radical (unpaired) electrons. The molecule has 0 heterocycles. The minimum absolute atomic E-state index is 0.110. The lowest BCUT2D eigenvalue weighted by Crippen LogP contribution is -2.42. The molecule has 4 nitrogen and oxygen atoms in total. The largest absolute Gasteiger partial charge is 0.508 e. The molecule has 2 aromatic carbocycles. The van der Waals surface area contributed by atoms with Crippen LogP contribution in [-0.2, 0) is 11.2 Å². The van der Waals surface area contributed by atoms with E-state index in [2.05, 4.69) is 22.3 Å². The summed E-state index contributed by atoms with van der Waals surface area (Å²) in [5.74, 6) is 0.917. The summed E-state index contributed by atoms with van der Waals surface area (Å²) in [6, 6.07) is 17.8. The summed E-state index contributed by atoms with van der Waals surface area (Å²) in [7, 11) is 4.06. The number of phenols is 1. The molecule has 1 unspecified atom stereocenters. The predicted molar refractivity (Wildman–Crippen MR) is 99.6 cm³/mol. The van der Waals surface area contributed by atoms with Crippen molar-refractivity contribution in [3.8, 4) is 5.75 Å². The number of phenolic OH excluding ortho intramolecular Hbond substituents is 1. The maximum Gasteiger partial charge on any atom is 0.223 e. The van der Waals surface area contributed by atoms with Crippen LogP contribution >= 0.6 is 0 Å². The average Bonchev–Trinajstić information content (AvgIpc) is 3.41. The van der Waals surface area contributed by atoms with Crippen LogP contribution in [0, 0.1) is 5.92 Å². The molecule has 4 heteroatoms. The standard InChI is InChI=1S/C21H26N2O2/c1-23(2)17(12-15-8-10-18(24)11-9-15)14-22-21(25)20-13-19(20)16-6-4-3-5-7-16/h3-11,17,19-20,24H,12-14H2,1-2H3,(H,22,25)/t17?,19-,20+/m1/s1.